The molecule has 0 radical (unpaired) electrons. The zero-order chi connectivity index (χ0) is 22.1. The summed E-state index contributed by atoms with van der Waals surface area (Å²) in [6.07, 6.45) is 2.07. The molecule has 0 aliphatic carbocycles. The highest BCUT2D eigenvalue weighted by molar-refractivity contribution is 6.06. The molecule has 0 spiro atoms. The number of nitrogens with zero attached hydrogens (tertiary/aromatic N) is 1. The fraction of sp³-hybridized carbons (Fsp3) is 0.417. The number of hydrogen-bond donors (Lipinski definition) is 2. The average molecular weight is 412 g/mol. The third-order valence-corrected chi connectivity index (χ3v) is 4.53. The van der Waals surface area contributed by atoms with Crippen molar-refractivity contribution in [3.05, 3.63) is 53.6 Å². The normalized spacial score (nSPS) is 10.6. The van der Waals surface area contributed by atoms with E-state index in [-0.39, 0.29) is 11.8 Å². The molecule has 6 heteroatoms. The Morgan fingerprint density at radius 1 is 1.03 bits per heavy atom. The first kappa shape index (κ1) is 23.3. The van der Waals surface area contributed by atoms with E-state index in [1.807, 2.05) is 38.9 Å². The molecule has 2 aromatic carbocycles. The number of hydrogen-bond acceptors (Lipinski definition) is 4. The molecule has 30 heavy (non-hydrogen) atoms. The predicted molar refractivity (Wildman–Crippen MR) is 123 cm³/mol. The molecule has 0 fully saturated rings. The lowest BCUT2D eigenvalue weighted by molar-refractivity contribution is 0.0948. The molecule has 0 atom stereocenters. The van der Waals surface area contributed by atoms with Crippen molar-refractivity contribution in [2.45, 2.75) is 33.6 Å². The lowest BCUT2D eigenvalue weighted by atomic mass is 10.1. The maximum atomic E-state index is 12.7. The highest BCUT2D eigenvalue weighted by Gasteiger charge is 2.15. The summed E-state index contributed by atoms with van der Waals surface area (Å²) in [5.41, 5.74) is 2.42. The van der Waals surface area contributed by atoms with Gasteiger partial charge in [-0.1, -0.05) is 27.2 Å². The van der Waals surface area contributed by atoms with Crippen LogP contribution < -0.4 is 20.3 Å². The molecule has 0 bridgehead atoms. The summed E-state index contributed by atoms with van der Waals surface area (Å²) in [5.74, 6) is 0.714. The molecule has 0 saturated heterocycles. The zero-order valence-electron chi connectivity index (χ0n) is 18.6. The van der Waals surface area contributed by atoms with Crippen LogP contribution in [0.3, 0.4) is 0 Å². The zero-order valence-corrected chi connectivity index (χ0v) is 18.6. The quantitative estimate of drug-likeness (QED) is 0.562. The van der Waals surface area contributed by atoms with Gasteiger partial charge in [0.1, 0.15) is 5.75 Å². The Morgan fingerprint density at radius 3 is 2.33 bits per heavy atom. The lowest BCUT2D eigenvalue weighted by Gasteiger charge is -2.19. The van der Waals surface area contributed by atoms with Gasteiger partial charge in [0.05, 0.1) is 12.2 Å². The standard InChI is InChI=1S/C24H33N3O3/c1-6-7-14-30-20-11-8-18(9-12-20)23(28)26-19-10-13-22(27(4)5)21(15-19)24(29)25-16-17(2)3/h8-13,15,17H,6-7,14,16H2,1-5H3,(H,25,29)(H,26,28). The van der Waals surface area contributed by atoms with Gasteiger partial charge in [0.15, 0.2) is 0 Å². The van der Waals surface area contributed by atoms with Gasteiger partial charge >= 0.3 is 0 Å². The minimum absolute atomic E-state index is 0.155. The Hall–Kier alpha value is -3.02. The molecule has 0 aliphatic rings. The number of carbonyl (C=O) groups excluding carboxylic acids is 2. The van der Waals surface area contributed by atoms with Crippen LogP contribution in [0, 0.1) is 5.92 Å². The molecule has 2 N–H and O–H groups in total. The van der Waals surface area contributed by atoms with Crippen LogP contribution in [0.25, 0.3) is 0 Å². The van der Waals surface area contributed by atoms with E-state index in [2.05, 4.69) is 17.6 Å². The highest BCUT2D eigenvalue weighted by atomic mass is 16.5. The number of anilines is 2. The minimum atomic E-state index is -0.235. The third-order valence-electron chi connectivity index (χ3n) is 4.53. The van der Waals surface area contributed by atoms with Crippen molar-refractivity contribution in [1.82, 2.24) is 5.32 Å². The van der Waals surface area contributed by atoms with Crippen LogP contribution in [-0.4, -0.2) is 39.1 Å². The molecule has 2 amide bonds. The SMILES string of the molecule is CCCCOc1ccc(C(=O)Nc2ccc(N(C)C)c(C(=O)NCC(C)C)c2)cc1. The number of ether oxygens (including phenoxy) is 1. The fourth-order valence-electron chi connectivity index (χ4n) is 2.82. The summed E-state index contributed by atoms with van der Waals surface area (Å²) < 4.78 is 5.64. The molecular formula is C24H33N3O3. The van der Waals surface area contributed by atoms with Crippen molar-refractivity contribution in [3.63, 3.8) is 0 Å². The van der Waals surface area contributed by atoms with Crippen molar-refractivity contribution < 1.29 is 14.3 Å². The summed E-state index contributed by atoms with van der Waals surface area (Å²) in [7, 11) is 3.77. The summed E-state index contributed by atoms with van der Waals surface area (Å²) in [5, 5.41) is 5.82. The monoisotopic (exact) mass is 411 g/mol. The molecule has 162 valence electrons. The van der Waals surface area contributed by atoms with Crippen LogP contribution in [0.1, 0.15) is 54.3 Å². The molecule has 0 unspecified atom stereocenters. The molecule has 6 nitrogen and oxygen atoms in total. The maximum absolute atomic E-state index is 12.7. The van der Waals surface area contributed by atoms with Crippen LogP contribution in [-0.2, 0) is 0 Å². The second-order valence-electron chi connectivity index (χ2n) is 7.91. The maximum Gasteiger partial charge on any atom is 0.255 e. The molecule has 0 saturated carbocycles. The predicted octanol–water partition coefficient (Wildman–Crippen LogP) is 4.57. The Kier molecular flexibility index (Phi) is 8.71. The van der Waals surface area contributed by atoms with Gasteiger partial charge in [-0.05, 0) is 54.8 Å². The number of nitrogens with one attached hydrogen (secondary N) is 2. The molecular weight excluding hydrogens is 378 g/mol. The minimum Gasteiger partial charge on any atom is -0.494 e. The van der Waals surface area contributed by atoms with Crippen molar-refractivity contribution in [2.24, 2.45) is 5.92 Å². The van der Waals surface area contributed by atoms with Gasteiger partial charge in [0, 0.05) is 37.6 Å². The smallest absolute Gasteiger partial charge is 0.255 e. The molecule has 0 heterocycles. The van der Waals surface area contributed by atoms with Crippen LogP contribution in [0.2, 0.25) is 0 Å². The summed E-state index contributed by atoms with van der Waals surface area (Å²) in [6.45, 7) is 7.46. The van der Waals surface area contributed by atoms with Gasteiger partial charge in [-0.3, -0.25) is 9.59 Å². The van der Waals surface area contributed by atoms with Crippen molar-refractivity contribution in [1.29, 1.82) is 0 Å². The first-order valence-corrected chi connectivity index (χ1v) is 10.5. The van der Waals surface area contributed by atoms with E-state index < -0.39 is 0 Å². The number of benzene rings is 2. The third kappa shape index (κ3) is 6.79. The Bertz CT molecular complexity index is 845. The fourth-order valence-corrected chi connectivity index (χ4v) is 2.82. The van der Waals surface area contributed by atoms with Crippen LogP contribution in [0.5, 0.6) is 5.75 Å². The van der Waals surface area contributed by atoms with E-state index in [0.29, 0.717) is 35.9 Å². The van der Waals surface area contributed by atoms with E-state index in [1.165, 1.54) is 0 Å². The Balaban J connectivity index is 2.12. The van der Waals surface area contributed by atoms with E-state index in [0.717, 1.165) is 24.3 Å². The average Bonchev–Trinajstić information content (AvgIpc) is 2.72. The lowest BCUT2D eigenvalue weighted by Crippen LogP contribution is -2.29. The van der Waals surface area contributed by atoms with Gasteiger partial charge in [-0.25, -0.2) is 0 Å². The molecule has 2 aromatic rings. The van der Waals surface area contributed by atoms with E-state index in [1.54, 1.807) is 36.4 Å². The van der Waals surface area contributed by atoms with E-state index in [9.17, 15) is 9.59 Å². The van der Waals surface area contributed by atoms with Gasteiger partial charge < -0.3 is 20.3 Å². The van der Waals surface area contributed by atoms with Crippen LogP contribution >= 0.6 is 0 Å². The van der Waals surface area contributed by atoms with Crippen LogP contribution in [0.15, 0.2) is 42.5 Å². The van der Waals surface area contributed by atoms with Crippen molar-refractivity contribution >= 4 is 23.2 Å². The van der Waals surface area contributed by atoms with Gasteiger partial charge in [0.25, 0.3) is 11.8 Å². The first-order valence-electron chi connectivity index (χ1n) is 10.5. The molecule has 0 aliphatic heterocycles. The second-order valence-corrected chi connectivity index (χ2v) is 7.91. The second kappa shape index (κ2) is 11.2. The van der Waals surface area contributed by atoms with Gasteiger partial charge in [-0.15, -0.1) is 0 Å². The summed E-state index contributed by atoms with van der Waals surface area (Å²) >= 11 is 0. The highest BCUT2D eigenvalue weighted by Crippen LogP contribution is 2.24. The van der Waals surface area contributed by atoms with Gasteiger partial charge in [0.2, 0.25) is 0 Å². The van der Waals surface area contributed by atoms with Crippen molar-refractivity contribution in [2.75, 3.05) is 37.5 Å². The summed E-state index contributed by atoms with van der Waals surface area (Å²) in [4.78, 5) is 27.2. The van der Waals surface area contributed by atoms with Gasteiger partial charge in [-0.2, -0.15) is 0 Å². The molecule has 0 aromatic heterocycles. The first-order chi connectivity index (χ1) is 14.3. The van der Waals surface area contributed by atoms with Crippen LogP contribution in [0.4, 0.5) is 11.4 Å². The Morgan fingerprint density at radius 2 is 1.73 bits per heavy atom. The number of amides is 2. The number of carbonyl (C=O) groups is 2. The number of rotatable bonds is 10. The van der Waals surface area contributed by atoms with E-state index in [4.69, 9.17) is 4.74 Å². The van der Waals surface area contributed by atoms with Crippen molar-refractivity contribution in [3.8, 4) is 5.75 Å². The Labute approximate surface area is 179 Å². The largest absolute Gasteiger partial charge is 0.494 e. The summed E-state index contributed by atoms with van der Waals surface area (Å²) in [6, 6.07) is 12.4. The number of unbranched alkanes of at least 4 members (excludes halogenated alkanes) is 1. The molecule has 2 rings (SSSR count). The van der Waals surface area contributed by atoms with E-state index >= 15 is 0 Å². The topological polar surface area (TPSA) is 70.7 Å².